The molecule has 0 saturated carbocycles. The van der Waals surface area contributed by atoms with Gasteiger partial charge in [-0.2, -0.15) is 5.10 Å². The van der Waals surface area contributed by atoms with Gasteiger partial charge in [-0.3, -0.25) is 9.89 Å². The fourth-order valence-electron chi connectivity index (χ4n) is 2.76. The maximum Gasteiger partial charge on any atom is 0.257 e. The first kappa shape index (κ1) is 18.4. The van der Waals surface area contributed by atoms with Crippen LogP contribution >= 0.6 is 27.5 Å². The van der Waals surface area contributed by atoms with Gasteiger partial charge in [-0.05, 0) is 30.3 Å². The molecule has 4 aromatic rings. The van der Waals surface area contributed by atoms with Crippen molar-refractivity contribution >= 4 is 39.1 Å². The Morgan fingerprint density at radius 3 is 2.54 bits per heavy atom. The standard InChI is InChI=1S/C21H14BrClN4O/c22-14-10-11-15(17(23)12-14)21(28)24-18-9-5-4-8-16(18)20-25-19(26-27-20)13-6-2-1-3-7-13/h1-12H,(H,24,28)(H,25,26,27). The smallest absolute Gasteiger partial charge is 0.257 e. The van der Waals surface area contributed by atoms with Crippen molar-refractivity contribution in [3.63, 3.8) is 0 Å². The van der Waals surface area contributed by atoms with Gasteiger partial charge in [0.05, 0.1) is 16.3 Å². The SMILES string of the molecule is O=C(Nc1ccccc1-c1nc(-c2ccccc2)n[nH]1)c1ccc(Br)cc1Cl. The van der Waals surface area contributed by atoms with Crippen LogP contribution < -0.4 is 5.32 Å². The van der Waals surface area contributed by atoms with Crippen molar-refractivity contribution in [1.82, 2.24) is 15.2 Å². The molecule has 0 unspecified atom stereocenters. The molecule has 3 aromatic carbocycles. The second kappa shape index (κ2) is 7.96. The number of amides is 1. The van der Waals surface area contributed by atoms with Gasteiger partial charge in [-0.15, -0.1) is 0 Å². The first-order chi connectivity index (χ1) is 13.6. The normalized spacial score (nSPS) is 10.6. The Hall–Kier alpha value is -2.96. The average molecular weight is 454 g/mol. The topological polar surface area (TPSA) is 70.7 Å². The summed E-state index contributed by atoms with van der Waals surface area (Å²) in [5.41, 5.74) is 2.65. The molecule has 138 valence electrons. The van der Waals surface area contributed by atoms with Gasteiger partial charge < -0.3 is 5.32 Å². The van der Waals surface area contributed by atoms with Crippen molar-refractivity contribution < 1.29 is 4.79 Å². The molecule has 7 heteroatoms. The minimum absolute atomic E-state index is 0.298. The molecule has 0 aliphatic rings. The quantitative estimate of drug-likeness (QED) is 0.410. The van der Waals surface area contributed by atoms with Crippen molar-refractivity contribution in [3.8, 4) is 22.8 Å². The van der Waals surface area contributed by atoms with Gasteiger partial charge in [0.2, 0.25) is 0 Å². The Bertz CT molecular complexity index is 1140. The van der Waals surface area contributed by atoms with E-state index in [2.05, 4.69) is 36.4 Å². The van der Waals surface area contributed by atoms with Crippen LogP contribution in [0.3, 0.4) is 0 Å². The summed E-state index contributed by atoms with van der Waals surface area (Å²) in [6.45, 7) is 0. The summed E-state index contributed by atoms with van der Waals surface area (Å²) in [5.74, 6) is 0.858. The van der Waals surface area contributed by atoms with Crippen LogP contribution in [0.25, 0.3) is 22.8 Å². The Labute approximate surface area is 174 Å². The number of anilines is 1. The summed E-state index contributed by atoms with van der Waals surface area (Å²) < 4.78 is 0.810. The van der Waals surface area contributed by atoms with Crippen LogP contribution in [0.2, 0.25) is 5.02 Å². The maximum absolute atomic E-state index is 12.7. The fraction of sp³-hybridized carbons (Fsp3) is 0. The molecule has 1 heterocycles. The second-order valence-electron chi connectivity index (χ2n) is 6.00. The van der Waals surface area contributed by atoms with Crippen molar-refractivity contribution in [3.05, 3.63) is 87.9 Å². The van der Waals surface area contributed by atoms with E-state index in [1.165, 1.54) is 0 Å². The van der Waals surface area contributed by atoms with E-state index in [0.717, 1.165) is 15.6 Å². The molecule has 0 fully saturated rings. The zero-order valence-electron chi connectivity index (χ0n) is 14.5. The zero-order valence-corrected chi connectivity index (χ0v) is 16.8. The Morgan fingerprint density at radius 2 is 1.75 bits per heavy atom. The molecular weight excluding hydrogens is 440 g/mol. The molecule has 0 saturated heterocycles. The highest BCUT2D eigenvalue weighted by molar-refractivity contribution is 9.10. The second-order valence-corrected chi connectivity index (χ2v) is 7.32. The third-order valence-electron chi connectivity index (χ3n) is 4.12. The van der Waals surface area contributed by atoms with Gasteiger partial charge in [0.15, 0.2) is 11.6 Å². The van der Waals surface area contributed by atoms with E-state index in [4.69, 9.17) is 11.6 Å². The minimum Gasteiger partial charge on any atom is -0.321 e. The number of halogens is 2. The summed E-state index contributed by atoms with van der Waals surface area (Å²) in [6.07, 6.45) is 0. The van der Waals surface area contributed by atoms with Gasteiger partial charge in [-0.25, -0.2) is 4.98 Å². The average Bonchev–Trinajstić information content (AvgIpc) is 3.19. The maximum atomic E-state index is 12.7. The lowest BCUT2D eigenvalue weighted by Gasteiger charge is -2.10. The summed E-state index contributed by atoms with van der Waals surface area (Å²) >= 11 is 9.54. The van der Waals surface area contributed by atoms with Gasteiger partial charge in [0.25, 0.3) is 5.91 Å². The van der Waals surface area contributed by atoms with Gasteiger partial charge in [-0.1, -0.05) is 70.0 Å². The van der Waals surface area contributed by atoms with Crippen molar-refractivity contribution in [2.75, 3.05) is 5.32 Å². The first-order valence-corrected chi connectivity index (χ1v) is 9.62. The Kier molecular flexibility index (Phi) is 5.23. The van der Waals surface area contributed by atoms with Gasteiger partial charge >= 0.3 is 0 Å². The molecule has 0 radical (unpaired) electrons. The number of aromatic nitrogens is 3. The van der Waals surface area contributed by atoms with Gasteiger partial charge in [0, 0.05) is 15.6 Å². The summed E-state index contributed by atoms with van der Waals surface area (Å²) in [4.78, 5) is 17.3. The van der Waals surface area contributed by atoms with E-state index in [0.29, 0.717) is 27.9 Å². The summed E-state index contributed by atoms with van der Waals surface area (Å²) in [7, 11) is 0. The molecule has 0 spiro atoms. The number of carbonyl (C=O) groups is 1. The molecule has 2 N–H and O–H groups in total. The van der Waals surface area contributed by atoms with Crippen LogP contribution in [0.1, 0.15) is 10.4 Å². The lowest BCUT2D eigenvalue weighted by molar-refractivity contribution is 0.102. The van der Waals surface area contributed by atoms with Crippen molar-refractivity contribution in [2.45, 2.75) is 0 Å². The fourth-order valence-corrected chi connectivity index (χ4v) is 3.52. The predicted octanol–water partition coefficient (Wildman–Crippen LogP) is 5.81. The van der Waals surface area contributed by atoms with E-state index in [-0.39, 0.29) is 5.91 Å². The first-order valence-electron chi connectivity index (χ1n) is 8.45. The number of nitrogens with zero attached hydrogens (tertiary/aromatic N) is 2. The molecular formula is C21H14BrClN4O. The lowest BCUT2D eigenvalue weighted by Crippen LogP contribution is -2.13. The van der Waals surface area contributed by atoms with Gasteiger partial charge in [0.1, 0.15) is 0 Å². The van der Waals surface area contributed by atoms with Crippen molar-refractivity contribution in [2.24, 2.45) is 0 Å². The van der Waals surface area contributed by atoms with Crippen LogP contribution in [0.4, 0.5) is 5.69 Å². The van der Waals surface area contributed by atoms with Crippen molar-refractivity contribution in [1.29, 1.82) is 0 Å². The number of para-hydroxylation sites is 1. The molecule has 1 amide bonds. The minimum atomic E-state index is -0.298. The Balaban J connectivity index is 1.64. The number of hydrogen-bond donors (Lipinski definition) is 2. The lowest BCUT2D eigenvalue weighted by atomic mass is 10.1. The number of H-pyrrole nitrogens is 1. The monoisotopic (exact) mass is 452 g/mol. The van der Waals surface area contributed by atoms with Crippen LogP contribution in [0.15, 0.2) is 77.3 Å². The molecule has 28 heavy (non-hydrogen) atoms. The van der Waals surface area contributed by atoms with Crippen LogP contribution in [-0.4, -0.2) is 21.1 Å². The van der Waals surface area contributed by atoms with Crippen LogP contribution in [-0.2, 0) is 0 Å². The van der Waals surface area contributed by atoms with E-state index in [1.807, 2.05) is 54.6 Å². The van der Waals surface area contributed by atoms with E-state index in [9.17, 15) is 4.79 Å². The zero-order chi connectivity index (χ0) is 19.5. The highest BCUT2D eigenvalue weighted by Gasteiger charge is 2.15. The number of aromatic amines is 1. The highest BCUT2D eigenvalue weighted by Crippen LogP contribution is 2.28. The van der Waals surface area contributed by atoms with E-state index < -0.39 is 0 Å². The van der Waals surface area contributed by atoms with E-state index >= 15 is 0 Å². The Morgan fingerprint density at radius 1 is 1.00 bits per heavy atom. The number of rotatable bonds is 4. The number of benzene rings is 3. The highest BCUT2D eigenvalue weighted by atomic mass is 79.9. The van der Waals surface area contributed by atoms with Crippen LogP contribution in [0.5, 0.6) is 0 Å². The molecule has 5 nitrogen and oxygen atoms in total. The third-order valence-corrected chi connectivity index (χ3v) is 4.93. The molecule has 0 aliphatic heterocycles. The molecule has 0 bridgehead atoms. The number of carbonyl (C=O) groups excluding carboxylic acids is 1. The number of nitrogens with one attached hydrogen (secondary N) is 2. The molecule has 0 atom stereocenters. The predicted molar refractivity (Wildman–Crippen MR) is 114 cm³/mol. The number of hydrogen-bond acceptors (Lipinski definition) is 3. The molecule has 4 rings (SSSR count). The molecule has 1 aromatic heterocycles. The van der Waals surface area contributed by atoms with Crippen LogP contribution in [0, 0.1) is 0 Å². The summed E-state index contributed by atoms with van der Waals surface area (Å²) in [6, 6.07) is 22.2. The van der Waals surface area contributed by atoms with E-state index in [1.54, 1.807) is 18.2 Å². The summed E-state index contributed by atoms with van der Waals surface area (Å²) in [5, 5.41) is 10.5. The third kappa shape index (κ3) is 3.83. The largest absolute Gasteiger partial charge is 0.321 e. The molecule has 0 aliphatic carbocycles.